The van der Waals surface area contributed by atoms with Crippen LogP contribution in [-0.2, 0) is 0 Å². The zero-order chi connectivity index (χ0) is 16.4. The Hall–Kier alpha value is -2.71. The smallest absolute Gasteiger partial charge is 0.197 e. The molecular weight excluding hydrogens is 358 g/mol. The highest BCUT2D eigenvalue weighted by Gasteiger charge is 2.32. The van der Waals surface area contributed by atoms with Crippen molar-refractivity contribution in [1.82, 2.24) is 0 Å². The highest BCUT2D eigenvalue weighted by molar-refractivity contribution is 9.10. The van der Waals surface area contributed by atoms with Crippen LogP contribution in [0.5, 0.6) is 5.75 Å². The Balaban J connectivity index is 1.94. The van der Waals surface area contributed by atoms with Crippen molar-refractivity contribution in [3.63, 3.8) is 0 Å². The average Bonchev–Trinajstić information content (AvgIpc) is 2.80. The van der Waals surface area contributed by atoms with Crippen LogP contribution >= 0.6 is 15.9 Å². The Morgan fingerprint density at radius 3 is 2.30 bits per heavy atom. The van der Waals surface area contributed by atoms with Crippen LogP contribution in [0.4, 0.5) is 0 Å². The summed E-state index contributed by atoms with van der Waals surface area (Å²) in [7, 11) is 0. The number of fused-ring (bicyclic) bond motifs is 1. The van der Waals surface area contributed by atoms with Gasteiger partial charge >= 0.3 is 0 Å². The summed E-state index contributed by atoms with van der Waals surface area (Å²) in [5.41, 5.74) is 1.74. The van der Waals surface area contributed by atoms with Gasteiger partial charge in [0.05, 0.1) is 10.0 Å². The number of nitriles is 1. The maximum atomic E-state index is 12.3. The predicted octanol–water partition coefficient (Wildman–Crippen LogP) is 3.81. The van der Waals surface area contributed by atoms with Crippen LogP contribution < -0.4 is 4.74 Å². The number of benzene rings is 2. The first-order valence-electron chi connectivity index (χ1n) is 6.81. The summed E-state index contributed by atoms with van der Waals surface area (Å²) in [5.74, 6) is 0.0131. The monoisotopic (exact) mass is 367 g/mol. The number of ketones is 2. The van der Waals surface area contributed by atoms with Gasteiger partial charge in [-0.3, -0.25) is 9.59 Å². The van der Waals surface area contributed by atoms with Gasteiger partial charge in [-0.2, -0.15) is 5.26 Å². The normalized spacial score (nSPS) is 12.8. The van der Waals surface area contributed by atoms with Crippen LogP contribution in [0.15, 0.2) is 52.5 Å². The molecule has 0 saturated heterocycles. The van der Waals surface area contributed by atoms with Gasteiger partial charge in [-0.25, -0.2) is 0 Å². The van der Waals surface area contributed by atoms with Gasteiger partial charge in [0.25, 0.3) is 0 Å². The molecule has 0 N–H and O–H groups in total. The van der Waals surface area contributed by atoms with Crippen LogP contribution in [0.2, 0.25) is 0 Å². The first kappa shape index (κ1) is 15.2. The lowest BCUT2D eigenvalue weighted by atomic mass is 10.1. The largest absolute Gasteiger partial charge is 0.478 e. The molecule has 3 rings (SSSR count). The summed E-state index contributed by atoms with van der Waals surface area (Å²) >= 11 is 3.35. The molecule has 0 aliphatic heterocycles. The molecule has 2 aromatic carbocycles. The summed E-state index contributed by atoms with van der Waals surface area (Å²) in [4.78, 5) is 24.7. The number of allylic oxidation sites excluding steroid dienone is 1. The first-order valence-corrected chi connectivity index (χ1v) is 7.60. The molecule has 0 unspecified atom stereocenters. The molecule has 2 aromatic rings. The van der Waals surface area contributed by atoms with Gasteiger partial charge < -0.3 is 4.74 Å². The number of hydrogen-bond acceptors (Lipinski definition) is 4. The Labute approximate surface area is 141 Å². The number of Topliss-reactive ketones (excluding diaryl/α,β-unsaturated/α-hetero) is 2. The van der Waals surface area contributed by atoms with Crippen molar-refractivity contribution in [3.05, 3.63) is 69.2 Å². The molecule has 0 atom stereocenters. The number of rotatable bonds is 3. The maximum Gasteiger partial charge on any atom is 0.197 e. The second-order valence-electron chi connectivity index (χ2n) is 4.90. The van der Waals surface area contributed by atoms with Crippen molar-refractivity contribution in [3.8, 4) is 11.8 Å². The van der Waals surface area contributed by atoms with Crippen molar-refractivity contribution >= 4 is 33.6 Å². The second kappa shape index (κ2) is 6.19. The molecule has 0 heterocycles. The van der Waals surface area contributed by atoms with E-state index in [0.29, 0.717) is 26.9 Å². The van der Waals surface area contributed by atoms with Crippen molar-refractivity contribution in [1.29, 1.82) is 5.26 Å². The third-order valence-corrected chi connectivity index (χ3v) is 4.08. The lowest BCUT2D eigenvalue weighted by Gasteiger charge is -2.05. The lowest BCUT2D eigenvalue weighted by Crippen LogP contribution is -2.00. The van der Waals surface area contributed by atoms with Crippen molar-refractivity contribution in [2.24, 2.45) is 0 Å². The minimum absolute atomic E-state index is 0.0503. The van der Waals surface area contributed by atoms with Gasteiger partial charge in [0, 0.05) is 11.1 Å². The van der Waals surface area contributed by atoms with E-state index >= 15 is 0 Å². The summed E-state index contributed by atoms with van der Waals surface area (Å²) in [5, 5.41) is 8.53. The second-order valence-corrected chi connectivity index (χ2v) is 5.75. The van der Waals surface area contributed by atoms with E-state index in [4.69, 9.17) is 10.00 Å². The maximum absolute atomic E-state index is 12.3. The molecule has 112 valence electrons. The third-order valence-electron chi connectivity index (χ3n) is 3.46. The lowest BCUT2D eigenvalue weighted by molar-refractivity contribution is 0.0990. The zero-order valence-corrected chi connectivity index (χ0v) is 13.5. The standard InChI is InChI=1S/C18H10BrNO3/c19-15-10-11(5-6-16(15)23-8-7-20)9-14-17(21)12-3-1-2-4-13(12)18(14)22/h1-6,9-10H,8H2. The Morgan fingerprint density at radius 1 is 1.09 bits per heavy atom. The first-order chi connectivity index (χ1) is 11.1. The van der Waals surface area contributed by atoms with E-state index in [1.165, 1.54) is 0 Å². The number of halogens is 1. The molecule has 23 heavy (non-hydrogen) atoms. The van der Waals surface area contributed by atoms with Gasteiger partial charge in [-0.05, 0) is 39.7 Å². The molecule has 0 bridgehead atoms. The molecule has 0 saturated carbocycles. The average molecular weight is 368 g/mol. The summed E-state index contributed by atoms with van der Waals surface area (Å²) in [6, 6.07) is 13.8. The quantitative estimate of drug-likeness (QED) is 0.610. The van der Waals surface area contributed by atoms with Crippen molar-refractivity contribution < 1.29 is 14.3 Å². The Kier molecular flexibility index (Phi) is 4.09. The van der Waals surface area contributed by atoms with Gasteiger partial charge in [-0.1, -0.05) is 30.3 Å². The van der Waals surface area contributed by atoms with Crippen molar-refractivity contribution in [2.45, 2.75) is 0 Å². The van der Waals surface area contributed by atoms with Crippen LogP contribution in [-0.4, -0.2) is 18.2 Å². The Bertz CT molecular complexity index is 856. The van der Waals surface area contributed by atoms with E-state index in [1.807, 2.05) is 6.07 Å². The van der Waals surface area contributed by atoms with Gasteiger partial charge in [0.15, 0.2) is 18.2 Å². The number of hydrogen-bond donors (Lipinski definition) is 0. The molecule has 0 aromatic heterocycles. The molecule has 4 nitrogen and oxygen atoms in total. The van der Waals surface area contributed by atoms with E-state index < -0.39 is 0 Å². The molecule has 0 amide bonds. The number of carbonyl (C=O) groups is 2. The molecule has 0 fully saturated rings. The molecule has 0 spiro atoms. The SMILES string of the molecule is N#CCOc1ccc(C=C2C(=O)c3ccccc3C2=O)cc1Br. The fourth-order valence-electron chi connectivity index (χ4n) is 2.40. The van der Waals surface area contributed by atoms with Crippen LogP contribution in [0.1, 0.15) is 26.3 Å². The molecule has 1 aliphatic rings. The topological polar surface area (TPSA) is 67.2 Å². The van der Waals surface area contributed by atoms with E-state index in [-0.39, 0.29) is 23.7 Å². The van der Waals surface area contributed by atoms with Gasteiger partial charge in [0.1, 0.15) is 11.8 Å². The molecular formula is C18H10BrNO3. The summed E-state index contributed by atoms with van der Waals surface area (Å²) in [6.07, 6.45) is 1.57. The van der Waals surface area contributed by atoms with Crippen LogP contribution in [0, 0.1) is 11.3 Å². The van der Waals surface area contributed by atoms with Crippen LogP contribution in [0.3, 0.4) is 0 Å². The van der Waals surface area contributed by atoms with E-state index in [1.54, 1.807) is 48.5 Å². The fraction of sp³-hybridized carbons (Fsp3) is 0.0556. The fourth-order valence-corrected chi connectivity index (χ4v) is 2.92. The minimum Gasteiger partial charge on any atom is -0.478 e. The predicted molar refractivity (Wildman–Crippen MR) is 88.3 cm³/mol. The third kappa shape index (κ3) is 2.81. The molecule has 0 radical (unpaired) electrons. The molecule has 5 heteroatoms. The number of ether oxygens (including phenoxy) is 1. The molecule has 1 aliphatic carbocycles. The number of carbonyl (C=O) groups excluding carboxylic acids is 2. The van der Waals surface area contributed by atoms with Gasteiger partial charge in [0.2, 0.25) is 0 Å². The minimum atomic E-state index is -0.258. The summed E-state index contributed by atoms with van der Waals surface area (Å²) in [6.45, 7) is -0.0503. The van der Waals surface area contributed by atoms with E-state index in [2.05, 4.69) is 15.9 Å². The van der Waals surface area contributed by atoms with Crippen LogP contribution in [0.25, 0.3) is 6.08 Å². The van der Waals surface area contributed by atoms with Gasteiger partial charge in [-0.15, -0.1) is 0 Å². The number of nitrogens with zero attached hydrogens (tertiary/aromatic N) is 1. The highest BCUT2D eigenvalue weighted by Crippen LogP contribution is 2.30. The Morgan fingerprint density at radius 2 is 1.74 bits per heavy atom. The summed E-state index contributed by atoms with van der Waals surface area (Å²) < 4.78 is 5.89. The highest BCUT2D eigenvalue weighted by atomic mass is 79.9. The van der Waals surface area contributed by atoms with Crippen molar-refractivity contribution in [2.75, 3.05) is 6.61 Å². The zero-order valence-electron chi connectivity index (χ0n) is 11.9. The van der Waals surface area contributed by atoms with E-state index in [0.717, 1.165) is 0 Å². The van der Waals surface area contributed by atoms with E-state index in [9.17, 15) is 9.59 Å².